The zero-order valence-electron chi connectivity index (χ0n) is 12.9. The molecule has 0 atom stereocenters. The summed E-state index contributed by atoms with van der Waals surface area (Å²) in [5.74, 6) is 0.201. The van der Waals surface area contributed by atoms with Gasteiger partial charge in [-0.25, -0.2) is 0 Å². The maximum Gasteiger partial charge on any atom is 0.226 e. The number of carbonyl (C=O) groups is 1. The van der Waals surface area contributed by atoms with Crippen molar-refractivity contribution in [3.8, 4) is 0 Å². The summed E-state index contributed by atoms with van der Waals surface area (Å²) in [6.45, 7) is 5.18. The Morgan fingerprint density at radius 3 is 2.20 bits per heavy atom. The van der Waals surface area contributed by atoms with E-state index < -0.39 is 0 Å². The lowest BCUT2D eigenvalue weighted by atomic mass is 10.1. The van der Waals surface area contributed by atoms with Crippen LogP contribution < -0.4 is 5.73 Å². The minimum absolute atomic E-state index is 0.201. The fourth-order valence-electron chi connectivity index (χ4n) is 2.12. The van der Waals surface area contributed by atoms with Crippen molar-refractivity contribution >= 4 is 5.91 Å². The van der Waals surface area contributed by atoms with Crippen molar-refractivity contribution < 1.29 is 4.79 Å². The molecule has 0 aliphatic carbocycles. The molecule has 0 radical (unpaired) electrons. The van der Waals surface area contributed by atoms with E-state index in [1.54, 1.807) is 0 Å². The largest absolute Gasteiger partial charge is 0.343 e. The Kier molecular flexibility index (Phi) is 7.26. The zero-order chi connectivity index (χ0) is 15.0. The van der Waals surface area contributed by atoms with Crippen molar-refractivity contribution in [1.82, 2.24) is 9.80 Å². The average molecular weight is 277 g/mol. The molecule has 20 heavy (non-hydrogen) atoms. The summed E-state index contributed by atoms with van der Waals surface area (Å²) in [6, 6.07) is 7.97. The first-order valence-corrected chi connectivity index (χ1v) is 7.27. The van der Waals surface area contributed by atoms with E-state index in [9.17, 15) is 4.79 Å². The molecule has 0 fully saturated rings. The zero-order valence-corrected chi connectivity index (χ0v) is 12.9. The van der Waals surface area contributed by atoms with Crippen LogP contribution in [0.1, 0.15) is 24.5 Å². The highest BCUT2D eigenvalue weighted by atomic mass is 16.2. The van der Waals surface area contributed by atoms with Crippen LogP contribution in [0.15, 0.2) is 24.3 Å². The second-order valence-electron chi connectivity index (χ2n) is 5.33. The summed E-state index contributed by atoms with van der Waals surface area (Å²) in [6.07, 6.45) is 1.49. The molecule has 0 spiro atoms. The molecule has 1 aromatic rings. The highest BCUT2D eigenvalue weighted by Gasteiger charge is 2.12. The number of rotatable bonds is 8. The van der Waals surface area contributed by atoms with Crippen molar-refractivity contribution in [2.75, 3.05) is 33.7 Å². The second-order valence-corrected chi connectivity index (χ2v) is 5.33. The number of nitrogens with two attached hydrogens (primary N) is 1. The third-order valence-corrected chi connectivity index (χ3v) is 3.38. The van der Waals surface area contributed by atoms with E-state index in [1.807, 2.05) is 36.1 Å². The standard InChI is InChI=1S/C16H27N3O/c1-4-19(11-5-10-18(2)3)16(20)12-14-6-8-15(13-17)9-7-14/h6-9H,4-5,10-13,17H2,1-3H3. The van der Waals surface area contributed by atoms with Crippen molar-refractivity contribution in [1.29, 1.82) is 0 Å². The van der Waals surface area contributed by atoms with Gasteiger partial charge in [-0.05, 0) is 45.1 Å². The molecule has 0 heterocycles. The molecule has 0 unspecified atom stereocenters. The Morgan fingerprint density at radius 2 is 1.70 bits per heavy atom. The minimum atomic E-state index is 0.201. The summed E-state index contributed by atoms with van der Waals surface area (Å²) in [7, 11) is 4.11. The van der Waals surface area contributed by atoms with E-state index in [2.05, 4.69) is 19.0 Å². The summed E-state index contributed by atoms with van der Waals surface area (Å²) < 4.78 is 0. The van der Waals surface area contributed by atoms with Crippen LogP contribution in [0.2, 0.25) is 0 Å². The molecule has 4 nitrogen and oxygen atoms in total. The first kappa shape index (κ1) is 16.7. The van der Waals surface area contributed by atoms with Gasteiger partial charge in [-0.3, -0.25) is 4.79 Å². The van der Waals surface area contributed by atoms with Crippen LogP contribution in [0.25, 0.3) is 0 Å². The highest BCUT2D eigenvalue weighted by molar-refractivity contribution is 5.78. The van der Waals surface area contributed by atoms with E-state index in [-0.39, 0.29) is 5.91 Å². The SMILES string of the molecule is CCN(CCCN(C)C)C(=O)Cc1ccc(CN)cc1. The maximum absolute atomic E-state index is 12.3. The Balaban J connectivity index is 2.49. The van der Waals surface area contributed by atoms with Crippen LogP contribution in [0.3, 0.4) is 0 Å². The monoisotopic (exact) mass is 277 g/mol. The van der Waals surface area contributed by atoms with Gasteiger partial charge in [0.1, 0.15) is 0 Å². The topological polar surface area (TPSA) is 49.6 Å². The Hall–Kier alpha value is -1.39. The summed E-state index contributed by atoms with van der Waals surface area (Å²) >= 11 is 0. The predicted molar refractivity (Wildman–Crippen MR) is 83.5 cm³/mol. The molecule has 0 saturated carbocycles. The quantitative estimate of drug-likeness (QED) is 0.783. The third-order valence-electron chi connectivity index (χ3n) is 3.38. The van der Waals surface area contributed by atoms with Crippen molar-refractivity contribution in [3.63, 3.8) is 0 Å². The number of hydrogen-bond acceptors (Lipinski definition) is 3. The van der Waals surface area contributed by atoms with E-state index in [4.69, 9.17) is 5.73 Å². The first-order chi connectivity index (χ1) is 9.56. The van der Waals surface area contributed by atoms with Gasteiger partial charge < -0.3 is 15.5 Å². The van der Waals surface area contributed by atoms with Gasteiger partial charge >= 0.3 is 0 Å². The van der Waals surface area contributed by atoms with Gasteiger partial charge in [-0.15, -0.1) is 0 Å². The number of amides is 1. The lowest BCUT2D eigenvalue weighted by Gasteiger charge is -2.22. The van der Waals surface area contributed by atoms with E-state index in [0.717, 1.165) is 37.2 Å². The number of nitrogens with zero attached hydrogens (tertiary/aromatic N) is 2. The number of benzene rings is 1. The maximum atomic E-state index is 12.3. The van der Waals surface area contributed by atoms with Gasteiger partial charge in [-0.2, -0.15) is 0 Å². The molecular formula is C16H27N3O. The van der Waals surface area contributed by atoms with Crippen LogP contribution in [-0.4, -0.2) is 49.4 Å². The lowest BCUT2D eigenvalue weighted by Crippen LogP contribution is -2.34. The molecule has 0 aromatic heterocycles. The smallest absolute Gasteiger partial charge is 0.226 e. The molecule has 1 aromatic carbocycles. The number of hydrogen-bond donors (Lipinski definition) is 1. The van der Waals surface area contributed by atoms with Crippen LogP contribution >= 0.6 is 0 Å². The van der Waals surface area contributed by atoms with Gasteiger partial charge in [-0.1, -0.05) is 24.3 Å². The van der Waals surface area contributed by atoms with Crippen LogP contribution in [0.4, 0.5) is 0 Å². The lowest BCUT2D eigenvalue weighted by molar-refractivity contribution is -0.130. The van der Waals surface area contributed by atoms with Gasteiger partial charge in [0.25, 0.3) is 0 Å². The summed E-state index contributed by atoms with van der Waals surface area (Å²) in [5.41, 5.74) is 7.72. The van der Waals surface area contributed by atoms with E-state index in [1.165, 1.54) is 0 Å². The fourth-order valence-corrected chi connectivity index (χ4v) is 2.12. The Bertz CT molecular complexity index is 401. The van der Waals surface area contributed by atoms with Gasteiger partial charge in [0.05, 0.1) is 6.42 Å². The first-order valence-electron chi connectivity index (χ1n) is 7.27. The molecule has 0 aliphatic rings. The summed E-state index contributed by atoms with van der Waals surface area (Å²) in [4.78, 5) is 16.3. The van der Waals surface area contributed by atoms with Gasteiger partial charge in [0.15, 0.2) is 0 Å². The fraction of sp³-hybridized carbons (Fsp3) is 0.562. The van der Waals surface area contributed by atoms with Crippen molar-refractivity contribution in [3.05, 3.63) is 35.4 Å². The molecule has 112 valence electrons. The molecular weight excluding hydrogens is 250 g/mol. The number of likely N-dealkylation sites (N-methyl/N-ethyl adjacent to an activating group) is 1. The average Bonchev–Trinajstić information content (AvgIpc) is 2.44. The van der Waals surface area contributed by atoms with Gasteiger partial charge in [0.2, 0.25) is 5.91 Å². The number of carbonyl (C=O) groups excluding carboxylic acids is 1. The Labute approximate surface area is 122 Å². The van der Waals surface area contributed by atoms with E-state index in [0.29, 0.717) is 13.0 Å². The molecule has 0 aliphatic heterocycles. The molecule has 4 heteroatoms. The van der Waals surface area contributed by atoms with Crippen LogP contribution in [0.5, 0.6) is 0 Å². The third kappa shape index (κ3) is 5.72. The van der Waals surface area contributed by atoms with Crippen LogP contribution in [-0.2, 0) is 17.8 Å². The Morgan fingerprint density at radius 1 is 1.10 bits per heavy atom. The highest BCUT2D eigenvalue weighted by Crippen LogP contribution is 2.07. The second kappa shape index (κ2) is 8.72. The molecule has 0 saturated heterocycles. The minimum Gasteiger partial charge on any atom is -0.343 e. The molecule has 0 bridgehead atoms. The predicted octanol–water partition coefficient (Wildman–Crippen LogP) is 1.49. The normalized spacial score (nSPS) is 10.8. The van der Waals surface area contributed by atoms with Crippen molar-refractivity contribution in [2.24, 2.45) is 5.73 Å². The van der Waals surface area contributed by atoms with Crippen LogP contribution in [0, 0.1) is 0 Å². The molecule has 1 amide bonds. The molecule has 1 rings (SSSR count). The summed E-state index contributed by atoms with van der Waals surface area (Å²) in [5, 5.41) is 0. The van der Waals surface area contributed by atoms with E-state index >= 15 is 0 Å². The van der Waals surface area contributed by atoms with Crippen molar-refractivity contribution in [2.45, 2.75) is 26.3 Å². The molecule has 2 N–H and O–H groups in total. The van der Waals surface area contributed by atoms with Gasteiger partial charge in [0, 0.05) is 19.6 Å².